The third-order valence-corrected chi connectivity index (χ3v) is 1.43. The van der Waals surface area contributed by atoms with Crippen molar-refractivity contribution in [1.82, 2.24) is 5.32 Å². The van der Waals surface area contributed by atoms with E-state index in [4.69, 9.17) is 11.6 Å². The fraction of sp³-hybridized carbons (Fsp3) is 0.200. The van der Waals surface area contributed by atoms with E-state index >= 15 is 0 Å². The van der Waals surface area contributed by atoms with Crippen LogP contribution in [0.15, 0.2) is 5.10 Å². The zero-order valence-electron chi connectivity index (χ0n) is 5.90. The van der Waals surface area contributed by atoms with Crippen LogP contribution in [0.1, 0.15) is 0 Å². The molecule has 0 saturated carbocycles. The van der Waals surface area contributed by atoms with Gasteiger partial charge in [-0.25, -0.2) is 0 Å². The third-order valence-electron chi connectivity index (χ3n) is 1.43. The lowest BCUT2D eigenvalue weighted by molar-refractivity contribution is -0.130. The molecule has 1 aliphatic rings. The third kappa shape index (κ3) is 1.00. The smallest absolute Gasteiger partial charge is 0.275 e. The lowest BCUT2D eigenvalue weighted by Crippen LogP contribution is -2.33. The van der Waals surface area contributed by atoms with Gasteiger partial charge in [0.25, 0.3) is 5.91 Å². The molecule has 7 heteroatoms. The van der Waals surface area contributed by atoms with E-state index < -0.39 is 23.6 Å². The van der Waals surface area contributed by atoms with E-state index in [0.29, 0.717) is 0 Å². The molecule has 0 bridgehead atoms. The average molecular weight is 170 g/mol. The number of amides is 3. The Balaban J connectivity index is 3.06. The molecule has 12 heavy (non-hydrogen) atoms. The van der Waals surface area contributed by atoms with Crippen LogP contribution in [-0.2, 0) is 14.4 Å². The van der Waals surface area contributed by atoms with Crippen LogP contribution in [0.5, 0.6) is 0 Å². The first kappa shape index (κ1) is 8.18. The fourth-order valence-electron chi connectivity index (χ4n) is 0.900. The van der Waals surface area contributed by atoms with Crippen molar-refractivity contribution in [1.29, 1.82) is 0 Å². The highest BCUT2D eigenvalue weighted by Gasteiger charge is 2.42. The summed E-state index contributed by atoms with van der Waals surface area (Å²) in [5.74, 6) is 0.942. The number of hydrogen-bond donors (Lipinski definition) is 3. The van der Waals surface area contributed by atoms with E-state index in [9.17, 15) is 14.4 Å². The molecule has 3 amide bonds. The highest BCUT2D eigenvalue weighted by atomic mass is 16.2. The fourth-order valence-corrected chi connectivity index (χ4v) is 0.900. The molecule has 0 aromatic heterocycles. The van der Waals surface area contributed by atoms with Crippen LogP contribution in [-0.4, -0.2) is 23.4 Å². The Bertz CT molecular complexity index is 295. The number of carbonyl (C=O) groups is 3. The van der Waals surface area contributed by atoms with Gasteiger partial charge in [-0.3, -0.25) is 19.7 Å². The van der Waals surface area contributed by atoms with E-state index in [2.05, 4.69) is 5.10 Å². The van der Waals surface area contributed by atoms with Crippen LogP contribution in [0.3, 0.4) is 0 Å². The van der Waals surface area contributed by atoms with E-state index in [1.807, 2.05) is 5.32 Å². The topological polar surface area (TPSA) is 128 Å². The zero-order valence-corrected chi connectivity index (χ0v) is 5.90. The summed E-state index contributed by atoms with van der Waals surface area (Å²) >= 11 is 0. The molecule has 1 rings (SSSR count). The van der Waals surface area contributed by atoms with Crippen LogP contribution in [0.25, 0.3) is 0 Å². The molecule has 1 fully saturated rings. The molecular formula is C5H6N4O3. The van der Waals surface area contributed by atoms with Gasteiger partial charge in [0, 0.05) is 0 Å². The first-order valence-electron chi connectivity index (χ1n) is 3.00. The summed E-state index contributed by atoms with van der Waals surface area (Å²) in [6, 6.07) is 0. The van der Waals surface area contributed by atoms with Crippen molar-refractivity contribution in [2.45, 2.75) is 0 Å². The van der Waals surface area contributed by atoms with E-state index in [1.54, 1.807) is 0 Å². The average Bonchev–Trinajstić information content (AvgIpc) is 2.24. The molecule has 1 aliphatic heterocycles. The highest BCUT2D eigenvalue weighted by molar-refractivity contribution is 6.54. The molecule has 0 aromatic carbocycles. The van der Waals surface area contributed by atoms with Gasteiger partial charge in [-0.05, 0) is 0 Å². The second-order valence-corrected chi connectivity index (χ2v) is 2.17. The first-order chi connectivity index (χ1) is 5.57. The molecule has 0 spiro atoms. The maximum absolute atomic E-state index is 10.8. The number of rotatable bonds is 1. The number of carbonyl (C=O) groups excluding carboxylic acids is 3. The van der Waals surface area contributed by atoms with Crippen LogP contribution >= 0.6 is 0 Å². The lowest BCUT2D eigenvalue weighted by atomic mass is 10.1. The number of nitrogens with one attached hydrogen (secondary N) is 1. The number of hydrazone groups is 1. The van der Waals surface area contributed by atoms with Crippen molar-refractivity contribution in [3.05, 3.63) is 0 Å². The van der Waals surface area contributed by atoms with Gasteiger partial charge in [-0.2, -0.15) is 5.10 Å². The molecule has 0 radical (unpaired) electrons. The maximum atomic E-state index is 10.8. The molecule has 1 atom stereocenters. The van der Waals surface area contributed by atoms with Gasteiger partial charge in [0.1, 0.15) is 5.71 Å². The van der Waals surface area contributed by atoms with Gasteiger partial charge in [0.15, 0.2) is 5.92 Å². The number of primary amides is 1. The number of imide groups is 1. The van der Waals surface area contributed by atoms with E-state index in [-0.39, 0.29) is 5.71 Å². The molecule has 0 aromatic rings. The maximum Gasteiger partial charge on any atom is 0.275 e. The predicted octanol–water partition coefficient (Wildman–Crippen LogP) is -2.94. The molecule has 1 heterocycles. The quantitative estimate of drug-likeness (QED) is 0.168. The van der Waals surface area contributed by atoms with Crippen molar-refractivity contribution in [3.8, 4) is 0 Å². The summed E-state index contributed by atoms with van der Waals surface area (Å²) in [6.45, 7) is 0. The summed E-state index contributed by atoms with van der Waals surface area (Å²) in [6.07, 6.45) is 0. The van der Waals surface area contributed by atoms with Gasteiger partial charge in [-0.15, -0.1) is 0 Å². The number of hydrogen-bond acceptors (Lipinski definition) is 5. The van der Waals surface area contributed by atoms with E-state index in [1.165, 1.54) is 0 Å². The van der Waals surface area contributed by atoms with Gasteiger partial charge in [0.2, 0.25) is 11.8 Å². The number of nitrogens with two attached hydrogens (primary N) is 2. The predicted molar refractivity (Wildman–Crippen MR) is 37.5 cm³/mol. The minimum absolute atomic E-state index is 0.340. The van der Waals surface area contributed by atoms with Crippen molar-refractivity contribution in [3.63, 3.8) is 0 Å². The number of nitrogens with zero attached hydrogens (tertiary/aromatic N) is 1. The Morgan fingerprint density at radius 2 is 2.08 bits per heavy atom. The van der Waals surface area contributed by atoms with Gasteiger partial charge >= 0.3 is 0 Å². The van der Waals surface area contributed by atoms with E-state index in [0.717, 1.165) is 0 Å². The second-order valence-electron chi connectivity index (χ2n) is 2.17. The summed E-state index contributed by atoms with van der Waals surface area (Å²) in [4.78, 5) is 32.2. The Hall–Kier alpha value is -1.92. The van der Waals surface area contributed by atoms with Crippen LogP contribution in [0.2, 0.25) is 0 Å². The summed E-state index contributed by atoms with van der Waals surface area (Å²) in [7, 11) is 0. The SMILES string of the molecule is N/N=C1\C(=O)NC(=O)[C@@H]1C(N)=O. The van der Waals surface area contributed by atoms with Gasteiger partial charge in [-0.1, -0.05) is 0 Å². The monoisotopic (exact) mass is 170 g/mol. The Kier molecular flexibility index (Phi) is 1.78. The molecule has 0 aliphatic carbocycles. The Labute approximate surface area is 66.8 Å². The van der Waals surface area contributed by atoms with Gasteiger partial charge < -0.3 is 11.6 Å². The Morgan fingerprint density at radius 3 is 2.42 bits per heavy atom. The van der Waals surface area contributed by atoms with Crippen molar-refractivity contribution in [2.24, 2.45) is 22.6 Å². The summed E-state index contributed by atoms with van der Waals surface area (Å²) in [5, 5.41) is 4.86. The minimum Gasteiger partial charge on any atom is -0.369 e. The Morgan fingerprint density at radius 1 is 1.50 bits per heavy atom. The molecule has 0 unspecified atom stereocenters. The second kappa shape index (κ2) is 2.61. The lowest BCUT2D eigenvalue weighted by Gasteiger charge is -1.98. The van der Waals surface area contributed by atoms with Crippen molar-refractivity contribution in [2.75, 3.05) is 0 Å². The zero-order chi connectivity index (χ0) is 9.30. The molecular weight excluding hydrogens is 164 g/mol. The first-order valence-corrected chi connectivity index (χ1v) is 3.00. The molecule has 7 nitrogen and oxygen atoms in total. The molecule has 5 N–H and O–H groups in total. The highest BCUT2D eigenvalue weighted by Crippen LogP contribution is 2.06. The van der Waals surface area contributed by atoms with Crippen LogP contribution in [0.4, 0.5) is 0 Å². The van der Waals surface area contributed by atoms with Crippen molar-refractivity contribution < 1.29 is 14.4 Å². The molecule has 64 valence electrons. The molecule has 1 saturated heterocycles. The van der Waals surface area contributed by atoms with Gasteiger partial charge in [0.05, 0.1) is 0 Å². The largest absolute Gasteiger partial charge is 0.369 e. The normalized spacial score (nSPS) is 26.0. The standard InChI is InChI=1S/C5H6N4O3/c6-3(10)1-2(9-7)5(12)8-4(1)11/h1H,7H2,(H2,6,10)(H,8,11,12)/b9-2-/t1-/m0/s1. The van der Waals surface area contributed by atoms with Crippen molar-refractivity contribution >= 4 is 23.4 Å². The summed E-state index contributed by atoms with van der Waals surface area (Å²) in [5.41, 5.74) is 4.49. The summed E-state index contributed by atoms with van der Waals surface area (Å²) < 4.78 is 0. The minimum atomic E-state index is -1.34. The van der Waals surface area contributed by atoms with Crippen LogP contribution < -0.4 is 16.9 Å². The van der Waals surface area contributed by atoms with Crippen LogP contribution in [0, 0.1) is 5.92 Å².